The van der Waals surface area contributed by atoms with Crippen molar-refractivity contribution in [2.45, 2.75) is 31.1 Å². The molecule has 0 radical (unpaired) electrons. The van der Waals surface area contributed by atoms with Crippen molar-refractivity contribution in [3.63, 3.8) is 0 Å². The minimum Gasteiger partial charge on any atom is -0.309 e. The van der Waals surface area contributed by atoms with Crippen molar-refractivity contribution in [1.29, 1.82) is 0 Å². The lowest BCUT2D eigenvalue weighted by molar-refractivity contribution is 0.550. The Balaban J connectivity index is 0.706. The topological polar surface area (TPSA) is 9.86 Å². The van der Waals surface area contributed by atoms with Crippen LogP contribution in [0, 0.1) is 0 Å². The Kier molecular flexibility index (Phi) is 9.74. The number of aromatic nitrogens is 2. The fourth-order valence-corrected chi connectivity index (χ4v) is 12.2. The maximum atomic E-state index is 2.52. The molecule has 0 aliphatic heterocycles. The first-order valence-corrected chi connectivity index (χ1v) is 25.2. The zero-order valence-corrected chi connectivity index (χ0v) is 39.5. The number of benzene rings is 10. The van der Waals surface area contributed by atoms with Gasteiger partial charge in [0.2, 0.25) is 0 Å². The predicted octanol–water partition coefficient (Wildman–Crippen LogP) is 18.4. The Hall–Kier alpha value is -8.72. The monoisotopic (exact) mass is 906 g/mol. The molecule has 2 heterocycles. The molecule has 2 aromatic heterocycles. The largest absolute Gasteiger partial charge is 0.309 e. The predicted molar refractivity (Wildman–Crippen MR) is 301 cm³/mol. The van der Waals surface area contributed by atoms with Crippen LogP contribution in [0.2, 0.25) is 0 Å². The third-order valence-corrected chi connectivity index (χ3v) is 15.7. The second-order valence-electron chi connectivity index (χ2n) is 19.7. The van der Waals surface area contributed by atoms with Crippen LogP contribution in [0.1, 0.15) is 59.1 Å². The SMILES string of the molecule is C(=C\c1ccc2c(c1)c1ccccc1n2-c1ccccc1)/c1ccc(-c2ccc3c(c2)C2(CCCC2)c2cc(-c4ccc(/C=C/c5ccc6c(c5)c5ccccc5n6-c5ccccc5)cc4)ccc2-3)cc1. The number of rotatable bonds is 8. The van der Waals surface area contributed by atoms with Crippen LogP contribution >= 0.6 is 0 Å². The van der Waals surface area contributed by atoms with E-state index in [4.69, 9.17) is 0 Å². The minimum atomic E-state index is 0.0606. The molecule has 2 nitrogen and oxygen atoms in total. The number of fused-ring (bicyclic) bond motifs is 11. The fraction of sp³-hybridized carbons (Fsp3) is 0.0725. The molecule has 1 spiro atoms. The smallest absolute Gasteiger partial charge is 0.0541 e. The van der Waals surface area contributed by atoms with Gasteiger partial charge in [-0.3, -0.25) is 0 Å². The molecule has 12 aromatic rings. The average molecular weight is 907 g/mol. The minimum absolute atomic E-state index is 0.0606. The first-order valence-electron chi connectivity index (χ1n) is 25.2. The van der Waals surface area contributed by atoms with E-state index < -0.39 is 0 Å². The summed E-state index contributed by atoms with van der Waals surface area (Å²) >= 11 is 0. The van der Waals surface area contributed by atoms with Gasteiger partial charge in [-0.1, -0.05) is 195 Å². The van der Waals surface area contributed by atoms with Crippen molar-refractivity contribution in [3.05, 3.63) is 264 Å². The fourth-order valence-electron chi connectivity index (χ4n) is 12.2. The highest BCUT2D eigenvalue weighted by atomic mass is 15.0. The normalized spacial score (nSPS) is 14.0. The van der Waals surface area contributed by atoms with Gasteiger partial charge >= 0.3 is 0 Å². The second kappa shape index (κ2) is 16.8. The van der Waals surface area contributed by atoms with E-state index in [2.05, 4.69) is 264 Å². The van der Waals surface area contributed by atoms with Gasteiger partial charge in [-0.15, -0.1) is 0 Å². The van der Waals surface area contributed by atoms with Crippen molar-refractivity contribution in [3.8, 4) is 44.8 Å². The molecule has 2 aliphatic carbocycles. The molecular formula is C69H50N2. The van der Waals surface area contributed by atoms with Gasteiger partial charge in [-0.2, -0.15) is 0 Å². The Labute approximate surface area is 414 Å². The molecule has 0 amide bonds. The third-order valence-electron chi connectivity index (χ3n) is 15.7. The van der Waals surface area contributed by atoms with Gasteiger partial charge in [0.15, 0.2) is 0 Å². The highest BCUT2D eigenvalue weighted by Gasteiger charge is 2.45. The van der Waals surface area contributed by atoms with Crippen LogP contribution < -0.4 is 0 Å². The van der Waals surface area contributed by atoms with Crippen molar-refractivity contribution in [2.24, 2.45) is 0 Å². The van der Waals surface area contributed by atoms with Gasteiger partial charge in [0, 0.05) is 38.3 Å². The van der Waals surface area contributed by atoms with Crippen LogP contribution in [0.3, 0.4) is 0 Å². The molecule has 14 rings (SSSR count). The maximum absolute atomic E-state index is 2.52. The van der Waals surface area contributed by atoms with Crippen LogP contribution in [-0.2, 0) is 5.41 Å². The third kappa shape index (κ3) is 6.93. The lowest BCUT2D eigenvalue weighted by atomic mass is 9.75. The molecule has 0 saturated heterocycles. The summed E-state index contributed by atoms with van der Waals surface area (Å²) in [4.78, 5) is 0. The lowest BCUT2D eigenvalue weighted by Crippen LogP contribution is -2.20. The van der Waals surface area contributed by atoms with Crippen LogP contribution in [0.5, 0.6) is 0 Å². The highest BCUT2D eigenvalue weighted by molar-refractivity contribution is 6.11. The molecule has 1 fully saturated rings. The van der Waals surface area contributed by atoms with E-state index in [1.165, 1.54) is 147 Å². The first-order chi connectivity index (χ1) is 35.1. The summed E-state index contributed by atoms with van der Waals surface area (Å²) in [5.74, 6) is 0. The summed E-state index contributed by atoms with van der Waals surface area (Å²) in [7, 11) is 0. The Morgan fingerprint density at radius 1 is 0.296 bits per heavy atom. The number of para-hydroxylation sites is 4. The van der Waals surface area contributed by atoms with E-state index in [9.17, 15) is 0 Å². The summed E-state index contributed by atoms with van der Waals surface area (Å²) in [5, 5.41) is 5.08. The summed E-state index contributed by atoms with van der Waals surface area (Å²) in [6.45, 7) is 0. The quantitative estimate of drug-likeness (QED) is 0.134. The number of nitrogens with zero attached hydrogens (tertiary/aromatic N) is 2. The van der Waals surface area contributed by atoms with Gasteiger partial charge in [0.1, 0.15) is 0 Å². The van der Waals surface area contributed by atoms with Gasteiger partial charge in [-0.05, 0) is 152 Å². The zero-order chi connectivity index (χ0) is 46.9. The first kappa shape index (κ1) is 41.3. The Morgan fingerprint density at radius 2 is 0.662 bits per heavy atom. The molecule has 0 N–H and O–H groups in total. The van der Waals surface area contributed by atoms with Gasteiger partial charge in [0.25, 0.3) is 0 Å². The van der Waals surface area contributed by atoms with E-state index in [0.29, 0.717) is 0 Å². The van der Waals surface area contributed by atoms with Crippen molar-refractivity contribution in [2.75, 3.05) is 0 Å². The number of hydrogen-bond donors (Lipinski definition) is 0. The second-order valence-corrected chi connectivity index (χ2v) is 19.7. The molecule has 0 atom stereocenters. The van der Waals surface area contributed by atoms with E-state index in [-0.39, 0.29) is 5.41 Å². The van der Waals surface area contributed by atoms with Crippen LogP contribution in [0.4, 0.5) is 0 Å². The molecule has 2 heteroatoms. The van der Waals surface area contributed by atoms with E-state index in [0.717, 1.165) is 0 Å². The summed E-state index contributed by atoms with van der Waals surface area (Å²) in [5.41, 5.74) is 23.0. The van der Waals surface area contributed by atoms with Gasteiger partial charge < -0.3 is 9.13 Å². The van der Waals surface area contributed by atoms with Crippen molar-refractivity contribution in [1.82, 2.24) is 9.13 Å². The van der Waals surface area contributed by atoms with Gasteiger partial charge in [0.05, 0.1) is 22.1 Å². The van der Waals surface area contributed by atoms with Crippen LogP contribution in [0.15, 0.2) is 231 Å². The lowest BCUT2D eigenvalue weighted by Gasteiger charge is -2.27. The molecule has 0 bridgehead atoms. The van der Waals surface area contributed by atoms with Gasteiger partial charge in [-0.25, -0.2) is 0 Å². The summed E-state index contributed by atoms with van der Waals surface area (Å²) < 4.78 is 4.74. The molecular weight excluding hydrogens is 857 g/mol. The molecule has 71 heavy (non-hydrogen) atoms. The van der Waals surface area contributed by atoms with Crippen molar-refractivity contribution >= 4 is 67.9 Å². The summed E-state index contributed by atoms with van der Waals surface area (Å²) in [6.07, 6.45) is 13.9. The molecule has 0 unspecified atom stereocenters. The molecule has 2 aliphatic rings. The van der Waals surface area contributed by atoms with E-state index in [1.807, 2.05) is 0 Å². The Morgan fingerprint density at radius 3 is 1.11 bits per heavy atom. The Bertz CT molecular complexity index is 3800. The average Bonchev–Trinajstić information content (AvgIpc) is 4.21. The van der Waals surface area contributed by atoms with Crippen LogP contribution in [-0.4, -0.2) is 9.13 Å². The van der Waals surface area contributed by atoms with E-state index >= 15 is 0 Å². The zero-order valence-electron chi connectivity index (χ0n) is 39.5. The maximum Gasteiger partial charge on any atom is 0.0541 e. The van der Waals surface area contributed by atoms with Crippen molar-refractivity contribution < 1.29 is 0 Å². The van der Waals surface area contributed by atoms with Crippen LogP contribution in [0.25, 0.3) is 113 Å². The molecule has 336 valence electrons. The molecule has 1 saturated carbocycles. The molecule has 10 aromatic carbocycles. The van der Waals surface area contributed by atoms with E-state index in [1.54, 1.807) is 0 Å². The number of hydrogen-bond acceptors (Lipinski definition) is 0. The highest BCUT2D eigenvalue weighted by Crippen LogP contribution is 2.58. The summed E-state index contributed by atoms with van der Waals surface area (Å²) in [6, 6.07) is 85.2. The standard InChI is InChI=1S/C69H50N2/c1-3-13-55(14-4-1)70-65-19-9-7-17-59(65)61-43-49(29-39-67(61)70)23-21-47-25-31-51(32-26-47)53-35-37-57-58-38-36-54(46-64(58)69(63(57)45-53)41-11-12-42-69)52-33-27-48(28-34-52)22-24-50-30-40-68-62(44-50)60-18-8-10-20-66(60)71(68)56-15-5-2-6-16-56/h1-10,13-40,43-46H,11-12,41-42H2/b23-21+,24-22+.